The highest BCUT2D eigenvalue weighted by Crippen LogP contribution is 2.30. The SMILES string of the molecule is CC(=O)Nc1ccc(NS(=O)(=O)c2c(C(C)C)nc3sc(C)cn23)cc1. The number of imidazole rings is 1. The fraction of sp³-hybridized carbons (Fsp3) is 0.294. The zero-order valence-electron chi connectivity index (χ0n) is 14.9. The maximum Gasteiger partial charge on any atom is 0.279 e. The Morgan fingerprint density at radius 1 is 1.19 bits per heavy atom. The van der Waals surface area contributed by atoms with E-state index in [-0.39, 0.29) is 16.9 Å². The molecule has 26 heavy (non-hydrogen) atoms. The summed E-state index contributed by atoms with van der Waals surface area (Å²) in [7, 11) is -3.83. The van der Waals surface area contributed by atoms with Crippen molar-refractivity contribution in [2.24, 2.45) is 0 Å². The smallest absolute Gasteiger partial charge is 0.279 e. The average Bonchev–Trinajstić information content (AvgIpc) is 3.04. The molecule has 2 N–H and O–H groups in total. The summed E-state index contributed by atoms with van der Waals surface area (Å²) >= 11 is 1.45. The number of anilines is 2. The summed E-state index contributed by atoms with van der Waals surface area (Å²) in [5, 5.41) is 2.81. The molecule has 0 fully saturated rings. The van der Waals surface area contributed by atoms with Gasteiger partial charge in [0.25, 0.3) is 10.0 Å². The van der Waals surface area contributed by atoms with Gasteiger partial charge in [-0.05, 0) is 37.1 Å². The van der Waals surface area contributed by atoms with Crippen LogP contribution in [0.5, 0.6) is 0 Å². The van der Waals surface area contributed by atoms with Gasteiger partial charge in [-0.3, -0.25) is 13.9 Å². The highest BCUT2D eigenvalue weighted by molar-refractivity contribution is 7.92. The molecule has 2 heterocycles. The van der Waals surface area contributed by atoms with Gasteiger partial charge < -0.3 is 5.32 Å². The van der Waals surface area contributed by atoms with E-state index in [1.165, 1.54) is 18.3 Å². The van der Waals surface area contributed by atoms with E-state index in [0.29, 0.717) is 22.0 Å². The number of rotatable bonds is 5. The Bertz CT molecular complexity index is 1060. The van der Waals surface area contributed by atoms with Crippen LogP contribution >= 0.6 is 11.3 Å². The fourth-order valence-corrected chi connectivity index (χ4v) is 5.01. The van der Waals surface area contributed by atoms with Crippen LogP contribution < -0.4 is 10.0 Å². The van der Waals surface area contributed by atoms with E-state index < -0.39 is 10.0 Å². The zero-order chi connectivity index (χ0) is 19.1. The van der Waals surface area contributed by atoms with Crippen molar-refractivity contribution in [3.05, 3.63) is 41.0 Å². The molecular formula is C17H20N4O3S2. The van der Waals surface area contributed by atoms with Crippen molar-refractivity contribution in [2.75, 3.05) is 10.0 Å². The van der Waals surface area contributed by atoms with Crippen molar-refractivity contribution in [1.29, 1.82) is 0 Å². The Morgan fingerprint density at radius 3 is 2.38 bits per heavy atom. The number of aryl methyl sites for hydroxylation is 1. The molecule has 2 aromatic heterocycles. The van der Waals surface area contributed by atoms with Gasteiger partial charge in [0.05, 0.1) is 5.69 Å². The monoisotopic (exact) mass is 392 g/mol. The second kappa shape index (κ2) is 6.73. The lowest BCUT2D eigenvalue weighted by atomic mass is 10.2. The second-order valence-electron chi connectivity index (χ2n) is 6.32. The largest absolute Gasteiger partial charge is 0.326 e. The van der Waals surface area contributed by atoms with Gasteiger partial charge in [0.1, 0.15) is 0 Å². The molecule has 0 aliphatic rings. The molecule has 0 atom stereocenters. The van der Waals surface area contributed by atoms with Gasteiger partial charge in [-0.1, -0.05) is 13.8 Å². The normalized spacial score (nSPS) is 11.9. The molecule has 0 saturated carbocycles. The van der Waals surface area contributed by atoms with Gasteiger partial charge >= 0.3 is 0 Å². The first kappa shape index (κ1) is 18.4. The Labute approximate surface area is 156 Å². The van der Waals surface area contributed by atoms with Crippen molar-refractivity contribution in [2.45, 2.75) is 38.6 Å². The molecule has 0 saturated heterocycles. The van der Waals surface area contributed by atoms with Crippen LogP contribution in [0, 0.1) is 6.92 Å². The van der Waals surface area contributed by atoms with Crippen molar-refractivity contribution in [1.82, 2.24) is 9.38 Å². The summed E-state index contributed by atoms with van der Waals surface area (Å²) < 4.78 is 30.3. The van der Waals surface area contributed by atoms with Crippen LogP contribution in [-0.2, 0) is 14.8 Å². The second-order valence-corrected chi connectivity index (χ2v) is 9.13. The zero-order valence-corrected chi connectivity index (χ0v) is 16.5. The number of thiazole rings is 1. The summed E-state index contributed by atoms with van der Waals surface area (Å²) in [6, 6.07) is 6.50. The van der Waals surface area contributed by atoms with Crippen molar-refractivity contribution >= 4 is 43.6 Å². The third-order valence-electron chi connectivity index (χ3n) is 3.68. The lowest BCUT2D eigenvalue weighted by Gasteiger charge is -2.11. The summed E-state index contributed by atoms with van der Waals surface area (Å²) in [5.74, 6) is -0.217. The quantitative estimate of drug-likeness (QED) is 0.694. The maximum absolute atomic E-state index is 13.0. The molecule has 0 unspecified atom stereocenters. The Kier molecular flexibility index (Phi) is 4.76. The first-order chi connectivity index (χ1) is 12.2. The third-order valence-corrected chi connectivity index (χ3v) is 6.00. The summed E-state index contributed by atoms with van der Waals surface area (Å²) in [5.41, 5.74) is 1.55. The van der Waals surface area contributed by atoms with E-state index in [9.17, 15) is 13.2 Å². The number of amides is 1. The van der Waals surface area contributed by atoms with Crippen molar-refractivity contribution in [3.63, 3.8) is 0 Å². The van der Waals surface area contributed by atoms with Crippen LogP contribution in [0.1, 0.15) is 37.3 Å². The van der Waals surface area contributed by atoms with Gasteiger partial charge in [-0.2, -0.15) is 8.42 Å². The molecule has 1 aromatic carbocycles. The number of hydrogen-bond donors (Lipinski definition) is 2. The summed E-state index contributed by atoms with van der Waals surface area (Å²) in [6.45, 7) is 7.16. The molecule has 0 aliphatic heterocycles. The number of fused-ring (bicyclic) bond motifs is 1. The van der Waals surface area contributed by atoms with Crippen LogP contribution in [0.4, 0.5) is 11.4 Å². The van der Waals surface area contributed by atoms with Gasteiger partial charge in [-0.25, -0.2) is 4.98 Å². The number of hydrogen-bond acceptors (Lipinski definition) is 5. The Hall–Kier alpha value is -2.39. The molecule has 138 valence electrons. The van der Waals surface area contributed by atoms with Crippen LogP contribution in [-0.4, -0.2) is 23.7 Å². The lowest BCUT2D eigenvalue weighted by Crippen LogP contribution is -2.17. The number of nitrogens with zero attached hydrogens (tertiary/aromatic N) is 2. The molecular weight excluding hydrogens is 372 g/mol. The number of carbonyl (C=O) groups excluding carboxylic acids is 1. The molecule has 1 amide bonds. The van der Waals surface area contributed by atoms with Gasteiger partial charge in [0, 0.05) is 29.4 Å². The number of carbonyl (C=O) groups is 1. The minimum Gasteiger partial charge on any atom is -0.326 e. The molecule has 0 spiro atoms. The highest BCUT2D eigenvalue weighted by Gasteiger charge is 2.27. The molecule has 9 heteroatoms. The summed E-state index contributed by atoms with van der Waals surface area (Å²) in [4.78, 5) is 17.2. The van der Waals surface area contributed by atoms with Crippen LogP contribution in [0.25, 0.3) is 4.96 Å². The minimum atomic E-state index is -3.83. The topological polar surface area (TPSA) is 92.6 Å². The number of sulfonamides is 1. The van der Waals surface area contributed by atoms with E-state index >= 15 is 0 Å². The number of nitrogens with one attached hydrogen (secondary N) is 2. The molecule has 3 rings (SSSR count). The third kappa shape index (κ3) is 3.58. The predicted octanol–water partition coefficient (Wildman–Crippen LogP) is 3.59. The fourth-order valence-electron chi connectivity index (χ4n) is 2.62. The average molecular weight is 393 g/mol. The predicted molar refractivity (Wildman–Crippen MR) is 103 cm³/mol. The van der Waals surface area contributed by atoms with E-state index in [0.717, 1.165) is 4.88 Å². The molecule has 0 aliphatic carbocycles. The van der Waals surface area contributed by atoms with Gasteiger partial charge in [-0.15, -0.1) is 11.3 Å². The van der Waals surface area contributed by atoms with Crippen LogP contribution in [0.3, 0.4) is 0 Å². The molecule has 3 aromatic rings. The van der Waals surface area contributed by atoms with E-state index in [2.05, 4.69) is 15.0 Å². The van der Waals surface area contributed by atoms with Crippen molar-refractivity contribution in [3.8, 4) is 0 Å². The molecule has 0 bridgehead atoms. The van der Waals surface area contributed by atoms with Crippen LogP contribution in [0.2, 0.25) is 0 Å². The molecule has 7 nitrogen and oxygen atoms in total. The Balaban J connectivity index is 1.99. The number of benzene rings is 1. The van der Waals surface area contributed by atoms with Gasteiger partial charge in [0.15, 0.2) is 9.99 Å². The first-order valence-electron chi connectivity index (χ1n) is 8.06. The maximum atomic E-state index is 13.0. The standard InChI is InChI=1S/C17H20N4O3S2/c1-10(2)15-16(21-9-11(3)25-17(21)19-15)26(23,24)20-14-7-5-13(6-8-14)18-12(4)22/h5-10,20H,1-4H3,(H,18,22). The van der Waals surface area contributed by atoms with E-state index in [1.54, 1.807) is 34.9 Å². The first-order valence-corrected chi connectivity index (χ1v) is 10.4. The Morgan fingerprint density at radius 2 is 1.81 bits per heavy atom. The van der Waals surface area contributed by atoms with Gasteiger partial charge in [0.2, 0.25) is 5.91 Å². The minimum absolute atomic E-state index is 0.0314. The summed E-state index contributed by atoms with van der Waals surface area (Å²) in [6.07, 6.45) is 1.79. The molecule has 0 radical (unpaired) electrons. The lowest BCUT2D eigenvalue weighted by molar-refractivity contribution is -0.114. The van der Waals surface area contributed by atoms with Crippen LogP contribution in [0.15, 0.2) is 35.5 Å². The van der Waals surface area contributed by atoms with Crippen molar-refractivity contribution < 1.29 is 13.2 Å². The highest BCUT2D eigenvalue weighted by atomic mass is 32.2. The van der Waals surface area contributed by atoms with E-state index in [1.807, 2.05) is 20.8 Å². The van der Waals surface area contributed by atoms with E-state index in [4.69, 9.17) is 0 Å². The number of aromatic nitrogens is 2.